The van der Waals surface area contributed by atoms with Gasteiger partial charge in [-0.15, -0.1) is 0 Å². The normalized spacial score (nSPS) is 12.0. The third-order valence-electron chi connectivity index (χ3n) is 2.33. The van der Waals surface area contributed by atoms with E-state index in [1.165, 1.54) is 5.56 Å². The van der Waals surface area contributed by atoms with Crippen LogP contribution in [-0.4, -0.2) is 14.5 Å². The summed E-state index contributed by atoms with van der Waals surface area (Å²) in [6, 6.07) is 7.74. The Bertz CT molecular complexity index is 435. The zero-order chi connectivity index (χ0) is 12.9. The molecule has 0 saturated carbocycles. The minimum absolute atomic E-state index is 0.0532. The Balaban J connectivity index is 2.69. The van der Waals surface area contributed by atoms with E-state index in [1.807, 2.05) is 38.1 Å². The van der Waals surface area contributed by atoms with Crippen molar-refractivity contribution in [3.8, 4) is 0 Å². The quantitative estimate of drug-likeness (QED) is 0.848. The molecule has 4 heteroatoms. The molecule has 0 aliphatic heterocycles. The molecule has 0 aliphatic carbocycles. The fourth-order valence-corrected chi connectivity index (χ4v) is 3.14. The Morgan fingerprint density at radius 1 is 1.12 bits per heavy atom. The monoisotopic (exact) mass is 255 g/mol. The standard InChI is InChI=1S/C13H21NO2S/c1-4-5-12-6-8-13(9-7-12)10-17(15,16)14-11(2)3/h6-9,11,14H,4-5,10H2,1-3H3. The van der Waals surface area contributed by atoms with E-state index in [1.54, 1.807) is 0 Å². The first-order valence-corrected chi connectivity index (χ1v) is 7.66. The number of aryl methyl sites for hydroxylation is 1. The third kappa shape index (κ3) is 5.33. The molecule has 0 amide bonds. The second-order valence-electron chi connectivity index (χ2n) is 4.60. The summed E-state index contributed by atoms with van der Waals surface area (Å²) >= 11 is 0. The minimum atomic E-state index is -3.21. The zero-order valence-corrected chi connectivity index (χ0v) is 11.5. The van der Waals surface area contributed by atoms with Crippen molar-refractivity contribution in [1.82, 2.24) is 4.72 Å². The highest BCUT2D eigenvalue weighted by atomic mass is 32.2. The van der Waals surface area contributed by atoms with Crippen LogP contribution in [0.2, 0.25) is 0 Å². The molecule has 1 N–H and O–H groups in total. The molecule has 0 spiro atoms. The van der Waals surface area contributed by atoms with Gasteiger partial charge < -0.3 is 0 Å². The molecular formula is C13H21NO2S. The minimum Gasteiger partial charge on any atom is -0.212 e. The number of sulfonamides is 1. The molecule has 0 bridgehead atoms. The van der Waals surface area contributed by atoms with Crippen LogP contribution in [0.25, 0.3) is 0 Å². The lowest BCUT2D eigenvalue weighted by Gasteiger charge is -2.09. The van der Waals surface area contributed by atoms with Crippen molar-refractivity contribution < 1.29 is 8.42 Å². The van der Waals surface area contributed by atoms with E-state index >= 15 is 0 Å². The Morgan fingerprint density at radius 2 is 1.65 bits per heavy atom. The molecule has 0 unspecified atom stereocenters. The van der Waals surface area contributed by atoms with Crippen molar-refractivity contribution in [2.45, 2.75) is 45.4 Å². The first-order valence-electron chi connectivity index (χ1n) is 6.01. The third-order valence-corrected chi connectivity index (χ3v) is 3.88. The molecule has 3 nitrogen and oxygen atoms in total. The lowest BCUT2D eigenvalue weighted by molar-refractivity contribution is 0.569. The van der Waals surface area contributed by atoms with Gasteiger partial charge in [0.25, 0.3) is 0 Å². The highest BCUT2D eigenvalue weighted by Crippen LogP contribution is 2.09. The number of benzene rings is 1. The van der Waals surface area contributed by atoms with Crippen LogP contribution in [0.3, 0.4) is 0 Å². The summed E-state index contributed by atoms with van der Waals surface area (Å²) < 4.78 is 26.0. The molecule has 1 aromatic rings. The second-order valence-corrected chi connectivity index (χ2v) is 6.35. The maximum atomic E-state index is 11.7. The highest BCUT2D eigenvalue weighted by Gasteiger charge is 2.12. The average Bonchev–Trinajstić information content (AvgIpc) is 2.18. The number of hydrogen-bond donors (Lipinski definition) is 1. The largest absolute Gasteiger partial charge is 0.216 e. The van der Waals surface area contributed by atoms with Gasteiger partial charge in [0, 0.05) is 6.04 Å². The highest BCUT2D eigenvalue weighted by molar-refractivity contribution is 7.88. The fraction of sp³-hybridized carbons (Fsp3) is 0.538. The number of hydrogen-bond acceptors (Lipinski definition) is 2. The Morgan fingerprint density at radius 3 is 2.12 bits per heavy atom. The topological polar surface area (TPSA) is 46.2 Å². The number of nitrogens with one attached hydrogen (secondary N) is 1. The first kappa shape index (κ1) is 14.2. The van der Waals surface area contributed by atoms with Crippen LogP contribution < -0.4 is 4.72 Å². The molecule has 17 heavy (non-hydrogen) atoms. The van der Waals surface area contributed by atoms with Gasteiger partial charge in [-0.25, -0.2) is 13.1 Å². The Labute approximate surface area is 104 Å². The van der Waals surface area contributed by atoms with Crippen LogP contribution in [0.15, 0.2) is 24.3 Å². The summed E-state index contributed by atoms with van der Waals surface area (Å²) in [6.45, 7) is 5.77. The Hall–Kier alpha value is -0.870. The second kappa shape index (κ2) is 6.17. The maximum absolute atomic E-state index is 11.7. The molecule has 0 aliphatic rings. The van der Waals surface area contributed by atoms with Crippen LogP contribution >= 0.6 is 0 Å². The molecule has 0 aromatic heterocycles. The van der Waals surface area contributed by atoms with E-state index in [2.05, 4.69) is 11.6 Å². The molecule has 0 atom stereocenters. The zero-order valence-electron chi connectivity index (χ0n) is 10.7. The van der Waals surface area contributed by atoms with E-state index in [0.29, 0.717) is 0 Å². The van der Waals surface area contributed by atoms with Crippen LogP contribution in [0.1, 0.15) is 38.3 Å². The lowest BCUT2D eigenvalue weighted by atomic mass is 10.1. The predicted molar refractivity (Wildman–Crippen MR) is 71.3 cm³/mol. The lowest BCUT2D eigenvalue weighted by Crippen LogP contribution is -2.31. The van der Waals surface area contributed by atoms with E-state index < -0.39 is 10.0 Å². The van der Waals surface area contributed by atoms with Crippen molar-refractivity contribution >= 4 is 10.0 Å². The summed E-state index contributed by atoms with van der Waals surface area (Å²) in [5.41, 5.74) is 2.09. The SMILES string of the molecule is CCCc1ccc(CS(=O)(=O)NC(C)C)cc1. The summed E-state index contributed by atoms with van der Waals surface area (Å²) in [5.74, 6) is 0.0532. The van der Waals surface area contributed by atoms with Gasteiger partial charge in [-0.2, -0.15) is 0 Å². The van der Waals surface area contributed by atoms with Gasteiger partial charge in [-0.1, -0.05) is 37.6 Å². The van der Waals surface area contributed by atoms with Gasteiger partial charge in [0.1, 0.15) is 0 Å². The van der Waals surface area contributed by atoms with Crippen molar-refractivity contribution in [2.75, 3.05) is 0 Å². The molecule has 1 rings (SSSR count). The molecule has 0 heterocycles. The molecule has 0 fully saturated rings. The molecule has 96 valence electrons. The smallest absolute Gasteiger partial charge is 0.212 e. The van der Waals surface area contributed by atoms with Crippen LogP contribution in [0.5, 0.6) is 0 Å². The summed E-state index contributed by atoms with van der Waals surface area (Å²) in [5, 5.41) is 0. The van der Waals surface area contributed by atoms with E-state index in [0.717, 1.165) is 18.4 Å². The van der Waals surface area contributed by atoms with Gasteiger partial charge in [0.15, 0.2) is 0 Å². The fourth-order valence-electron chi connectivity index (χ4n) is 1.71. The van der Waals surface area contributed by atoms with E-state index in [4.69, 9.17) is 0 Å². The van der Waals surface area contributed by atoms with Crippen molar-refractivity contribution in [3.05, 3.63) is 35.4 Å². The average molecular weight is 255 g/mol. The molecule has 0 radical (unpaired) electrons. The maximum Gasteiger partial charge on any atom is 0.216 e. The van der Waals surface area contributed by atoms with Crippen LogP contribution in [-0.2, 0) is 22.2 Å². The molecule has 0 saturated heterocycles. The van der Waals surface area contributed by atoms with Crippen LogP contribution in [0.4, 0.5) is 0 Å². The van der Waals surface area contributed by atoms with Gasteiger partial charge in [-0.3, -0.25) is 0 Å². The van der Waals surface area contributed by atoms with Gasteiger partial charge in [-0.05, 0) is 31.4 Å². The van der Waals surface area contributed by atoms with Crippen molar-refractivity contribution in [3.63, 3.8) is 0 Å². The summed E-state index contributed by atoms with van der Waals surface area (Å²) in [6.07, 6.45) is 2.14. The Kier molecular flexibility index (Phi) is 5.15. The van der Waals surface area contributed by atoms with E-state index in [9.17, 15) is 8.42 Å². The van der Waals surface area contributed by atoms with Crippen LogP contribution in [0, 0.1) is 0 Å². The molecule has 1 aromatic carbocycles. The summed E-state index contributed by atoms with van der Waals surface area (Å²) in [4.78, 5) is 0. The first-order chi connectivity index (χ1) is 7.93. The van der Waals surface area contributed by atoms with Crippen molar-refractivity contribution in [2.24, 2.45) is 0 Å². The predicted octanol–water partition coefficient (Wildman–Crippen LogP) is 2.47. The van der Waals surface area contributed by atoms with Gasteiger partial charge in [0.2, 0.25) is 10.0 Å². The van der Waals surface area contributed by atoms with Gasteiger partial charge >= 0.3 is 0 Å². The number of rotatable bonds is 6. The summed E-state index contributed by atoms with van der Waals surface area (Å²) in [7, 11) is -3.21. The van der Waals surface area contributed by atoms with Crippen molar-refractivity contribution in [1.29, 1.82) is 0 Å². The molecular weight excluding hydrogens is 234 g/mol. The van der Waals surface area contributed by atoms with Gasteiger partial charge in [0.05, 0.1) is 5.75 Å². The van der Waals surface area contributed by atoms with E-state index in [-0.39, 0.29) is 11.8 Å².